The van der Waals surface area contributed by atoms with Gasteiger partial charge in [0.2, 0.25) is 0 Å². The van der Waals surface area contributed by atoms with E-state index >= 15 is 0 Å². The molecule has 0 N–H and O–H groups in total. The van der Waals surface area contributed by atoms with E-state index in [1.165, 1.54) is 38.2 Å². The lowest BCUT2D eigenvalue weighted by Gasteiger charge is -2.19. The molecule has 5 rings (SSSR count). The fraction of sp³-hybridized carbons (Fsp3) is 0.217. The molecule has 0 aliphatic carbocycles. The molecule has 0 radical (unpaired) electrons. The highest BCUT2D eigenvalue weighted by Gasteiger charge is 2.34. The second-order valence-electron chi connectivity index (χ2n) is 7.57. The molecule has 4 heterocycles. The Bertz CT molecular complexity index is 1370. The van der Waals surface area contributed by atoms with Crippen molar-refractivity contribution in [3.8, 4) is 0 Å². The molecule has 0 bridgehead atoms. The molecular formula is C23H20N4O3S2. The Kier molecular flexibility index (Phi) is 5.44. The fourth-order valence-electron chi connectivity index (χ4n) is 3.66. The summed E-state index contributed by atoms with van der Waals surface area (Å²) in [5.74, 6) is 0.637. The van der Waals surface area contributed by atoms with Gasteiger partial charge in [-0.05, 0) is 36.1 Å². The first-order valence-electron chi connectivity index (χ1n) is 10.1. The summed E-state index contributed by atoms with van der Waals surface area (Å²) in [6.07, 6.45) is 2.18. The number of hydrazone groups is 1. The molecule has 0 spiro atoms. The Morgan fingerprint density at radius 1 is 1.25 bits per heavy atom. The summed E-state index contributed by atoms with van der Waals surface area (Å²) in [5.41, 5.74) is 2.89. The van der Waals surface area contributed by atoms with Crippen LogP contribution in [0.3, 0.4) is 0 Å². The van der Waals surface area contributed by atoms with Gasteiger partial charge >= 0.3 is 0 Å². The highest BCUT2D eigenvalue weighted by Crippen LogP contribution is 2.34. The smallest absolute Gasteiger partial charge is 0.262 e. The Morgan fingerprint density at radius 2 is 2.06 bits per heavy atom. The summed E-state index contributed by atoms with van der Waals surface area (Å²) in [5, 5.41) is 9.11. The molecule has 1 aliphatic rings. The van der Waals surface area contributed by atoms with Crippen LogP contribution in [0.1, 0.15) is 29.3 Å². The number of carbonyl (C=O) groups excluding carboxylic acids is 1. The molecular weight excluding hydrogens is 444 g/mol. The highest BCUT2D eigenvalue weighted by atomic mass is 32.2. The maximum atomic E-state index is 13.2. The summed E-state index contributed by atoms with van der Waals surface area (Å²) >= 11 is 2.65. The van der Waals surface area contributed by atoms with Crippen molar-refractivity contribution in [3.05, 3.63) is 81.3 Å². The summed E-state index contributed by atoms with van der Waals surface area (Å²) in [4.78, 5) is 31.0. The van der Waals surface area contributed by atoms with Crippen LogP contribution in [-0.4, -0.2) is 31.9 Å². The molecule has 1 aromatic carbocycles. The van der Waals surface area contributed by atoms with Gasteiger partial charge in [-0.1, -0.05) is 41.6 Å². The second-order valence-corrected chi connectivity index (χ2v) is 9.41. The zero-order valence-corrected chi connectivity index (χ0v) is 19.2. The third-order valence-electron chi connectivity index (χ3n) is 5.41. The van der Waals surface area contributed by atoms with Crippen LogP contribution in [0.4, 0.5) is 0 Å². The number of thiophene rings is 1. The first-order chi connectivity index (χ1) is 15.5. The van der Waals surface area contributed by atoms with E-state index in [0.717, 1.165) is 11.3 Å². The highest BCUT2D eigenvalue weighted by molar-refractivity contribution is 7.99. The SMILES string of the molecule is Cc1ccc(C2=NN(C(=O)CSc3nc4sccc4c(=O)n3C)C(c3ccco3)C2)cc1. The molecule has 7 nitrogen and oxygen atoms in total. The van der Waals surface area contributed by atoms with Crippen molar-refractivity contribution in [1.82, 2.24) is 14.6 Å². The van der Waals surface area contributed by atoms with Crippen molar-refractivity contribution in [2.75, 3.05) is 5.75 Å². The topological polar surface area (TPSA) is 80.7 Å². The molecule has 3 aromatic heterocycles. The molecule has 162 valence electrons. The molecule has 1 amide bonds. The molecule has 1 atom stereocenters. The Morgan fingerprint density at radius 3 is 2.81 bits per heavy atom. The number of benzene rings is 1. The van der Waals surface area contributed by atoms with E-state index in [-0.39, 0.29) is 23.3 Å². The van der Waals surface area contributed by atoms with Crippen LogP contribution in [0.2, 0.25) is 0 Å². The van der Waals surface area contributed by atoms with Crippen LogP contribution in [0.5, 0.6) is 0 Å². The lowest BCUT2D eigenvalue weighted by atomic mass is 10.0. The van der Waals surface area contributed by atoms with Gasteiger partial charge in [0.25, 0.3) is 11.5 Å². The molecule has 4 aromatic rings. The van der Waals surface area contributed by atoms with Crippen LogP contribution < -0.4 is 5.56 Å². The average Bonchev–Trinajstić information content (AvgIpc) is 3.55. The van der Waals surface area contributed by atoms with Crippen molar-refractivity contribution in [1.29, 1.82) is 0 Å². The summed E-state index contributed by atoms with van der Waals surface area (Å²) < 4.78 is 7.10. The standard InChI is InChI=1S/C23H20N4O3S2/c1-14-5-7-15(8-6-14)17-12-18(19-4-3-10-30-19)27(25-17)20(28)13-32-23-24-21-16(9-11-31-21)22(29)26(23)2/h3-11,18H,12-13H2,1-2H3. The van der Waals surface area contributed by atoms with Gasteiger partial charge in [-0.15, -0.1) is 11.3 Å². The number of thioether (sulfide) groups is 1. The van der Waals surface area contributed by atoms with E-state index in [4.69, 9.17) is 4.42 Å². The first kappa shape index (κ1) is 20.7. The number of nitrogens with zero attached hydrogens (tertiary/aromatic N) is 4. The van der Waals surface area contributed by atoms with E-state index in [1.807, 2.05) is 48.7 Å². The number of furan rings is 1. The number of rotatable bonds is 5. The maximum absolute atomic E-state index is 13.2. The van der Waals surface area contributed by atoms with Crippen LogP contribution in [0.25, 0.3) is 10.2 Å². The third kappa shape index (κ3) is 3.78. The van der Waals surface area contributed by atoms with E-state index in [2.05, 4.69) is 10.1 Å². The minimum atomic E-state index is -0.300. The van der Waals surface area contributed by atoms with E-state index in [1.54, 1.807) is 19.4 Å². The lowest BCUT2D eigenvalue weighted by Crippen LogP contribution is -2.29. The predicted octanol–water partition coefficient (Wildman–Crippen LogP) is 4.37. The number of aryl methyl sites for hydroxylation is 1. The van der Waals surface area contributed by atoms with Gasteiger partial charge < -0.3 is 4.42 Å². The van der Waals surface area contributed by atoms with Crippen LogP contribution >= 0.6 is 23.1 Å². The number of fused-ring (bicyclic) bond motifs is 1. The molecule has 0 fully saturated rings. The number of aromatic nitrogens is 2. The van der Waals surface area contributed by atoms with Gasteiger partial charge in [-0.3, -0.25) is 14.2 Å². The van der Waals surface area contributed by atoms with Crippen LogP contribution in [0.15, 0.2) is 73.6 Å². The summed E-state index contributed by atoms with van der Waals surface area (Å²) in [6, 6.07) is 13.3. The maximum Gasteiger partial charge on any atom is 0.262 e. The third-order valence-corrected chi connectivity index (χ3v) is 7.23. The molecule has 0 saturated heterocycles. The van der Waals surface area contributed by atoms with Crippen molar-refractivity contribution in [2.45, 2.75) is 24.5 Å². The molecule has 1 aliphatic heterocycles. The van der Waals surface area contributed by atoms with Crippen molar-refractivity contribution in [2.24, 2.45) is 12.1 Å². The van der Waals surface area contributed by atoms with Crippen molar-refractivity contribution in [3.63, 3.8) is 0 Å². The Hall–Kier alpha value is -3.17. The molecule has 9 heteroatoms. The second kappa shape index (κ2) is 8.40. The molecule has 32 heavy (non-hydrogen) atoms. The predicted molar refractivity (Wildman–Crippen MR) is 126 cm³/mol. The fourth-order valence-corrected chi connectivity index (χ4v) is 5.29. The van der Waals surface area contributed by atoms with Crippen LogP contribution in [0, 0.1) is 6.92 Å². The molecule has 1 unspecified atom stereocenters. The quantitative estimate of drug-likeness (QED) is 0.324. The van der Waals surface area contributed by atoms with Gasteiger partial charge in [0.1, 0.15) is 16.6 Å². The number of carbonyl (C=O) groups is 1. The van der Waals surface area contributed by atoms with E-state index in [0.29, 0.717) is 27.6 Å². The zero-order chi connectivity index (χ0) is 22.2. The first-order valence-corrected chi connectivity index (χ1v) is 11.9. The average molecular weight is 465 g/mol. The van der Waals surface area contributed by atoms with Gasteiger partial charge in [0, 0.05) is 13.5 Å². The largest absolute Gasteiger partial charge is 0.467 e. The van der Waals surface area contributed by atoms with Crippen molar-refractivity contribution >= 4 is 44.9 Å². The summed E-state index contributed by atoms with van der Waals surface area (Å²) in [7, 11) is 1.68. The Balaban J connectivity index is 1.40. The summed E-state index contributed by atoms with van der Waals surface area (Å²) in [6.45, 7) is 2.04. The number of hydrogen-bond acceptors (Lipinski definition) is 7. The Labute approximate surface area is 192 Å². The zero-order valence-electron chi connectivity index (χ0n) is 17.5. The number of amides is 1. The van der Waals surface area contributed by atoms with Crippen molar-refractivity contribution < 1.29 is 9.21 Å². The van der Waals surface area contributed by atoms with Gasteiger partial charge in [0.15, 0.2) is 5.16 Å². The van der Waals surface area contributed by atoms with Gasteiger partial charge in [-0.2, -0.15) is 5.10 Å². The monoisotopic (exact) mass is 464 g/mol. The van der Waals surface area contributed by atoms with E-state index in [9.17, 15) is 9.59 Å². The minimum absolute atomic E-state index is 0.110. The van der Waals surface area contributed by atoms with E-state index < -0.39 is 0 Å². The van der Waals surface area contributed by atoms with Crippen LogP contribution in [-0.2, 0) is 11.8 Å². The van der Waals surface area contributed by atoms with Gasteiger partial charge in [-0.25, -0.2) is 9.99 Å². The lowest BCUT2D eigenvalue weighted by molar-refractivity contribution is -0.130. The van der Waals surface area contributed by atoms with Gasteiger partial charge in [0.05, 0.1) is 23.1 Å². The minimum Gasteiger partial charge on any atom is -0.467 e. The number of hydrogen-bond donors (Lipinski definition) is 0. The molecule has 0 saturated carbocycles. The normalized spacial score (nSPS) is 16.0.